The Bertz CT molecular complexity index is 659. The summed E-state index contributed by atoms with van der Waals surface area (Å²) in [6.45, 7) is 5.47. The van der Waals surface area contributed by atoms with Gasteiger partial charge in [-0.05, 0) is 32.9 Å². The number of furan rings is 1. The lowest BCUT2D eigenvalue weighted by molar-refractivity contribution is 0.102. The van der Waals surface area contributed by atoms with Crippen LogP contribution in [0.15, 0.2) is 22.6 Å². The molecule has 0 radical (unpaired) electrons. The molecule has 2 aromatic rings. The molecular weight excluding hydrogens is 256 g/mol. The molecule has 3 N–H and O–H groups in total. The van der Waals surface area contributed by atoms with Crippen LogP contribution in [0.2, 0.25) is 0 Å². The van der Waals surface area contributed by atoms with Crippen LogP contribution in [0, 0.1) is 20.8 Å². The number of carbonyl (C=O) groups excluding carboxylic acids is 1. The summed E-state index contributed by atoms with van der Waals surface area (Å²) in [6.07, 6.45) is 0. The number of anilines is 2. The summed E-state index contributed by atoms with van der Waals surface area (Å²) < 4.78 is 10.7. The smallest absolute Gasteiger partial charge is 0.259 e. The minimum atomic E-state index is -0.222. The third kappa shape index (κ3) is 2.47. The van der Waals surface area contributed by atoms with Gasteiger partial charge in [0.05, 0.1) is 18.4 Å². The van der Waals surface area contributed by atoms with Gasteiger partial charge >= 0.3 is 0 Å². The van der Waals surface area contributed by atoms with Crippen LogP contribution in [-0.2, 0) is 0 Å². The maximum atomic E-state index is 12.4. The topological polar surface area (TPSA) is 77.5 Å². The number of nitrogens with one attached hydrogen (secondary N) is 1. The van der Waals surface area contributed by atoms with Crippen molar-refractivity contribution in [2.24, 2.45) is 0 Å². The minimum absolute atomic E-state index is 0.222. The van der Waals surface area contributed by atoms with Gasteiger partial charge in [0.25, 0.3) is 5.91 Å². The highest BCUT2D eigenvalue weighted by atomic mass is 16.5. The lowest BCUT2D eigenvalue weighted by atomic mass is 10.1. The lowest BCUT2D eigenvalue weighted by Crippen LogP contribution is -2.14. The van der Waals surface area contributed by atoms with Crippen LogP contribution < -0.4 is 15.8 Å². The number of ether oxygens (including phenoxy) is 1. The highest BCUT2D eigenvalue weighted by molar-refractivity contribution is 6.06. The van der Waals surface area contributed by atoms with Crippen molar-refractivity contribution in [2.45, 2.75) is 20.8 Å². The molecular formula is C15H18N2O3. The predicted molar refractivity (Wildman–Crippen MR) is 78.3 cm³/mol. The summed E-state index contributed by atoms with van der Waals surface area (Å²) in [7, 11) is 1.53. The maximum absolute atomic E-state index is 12.4. The van der Waals surface area contributed by atoms with Gasteiger partial charge in [0, 0.05) is 17.3 Å². The van der Waals surface area contributed by atoms with Gasteiger partial charge in [-0.1, -0.05) is 0 Å². The van der Waals surface area contributed by atoms with Gasteiger partial charge < -0.3 is 20.2 Å². The van der Waals surface area contributed by atoms with Crippen molar-refractivity contribution in [3.05, 3.63) is 40.8 Å². The number of carbonyl (C=O) groups is 1. The molecule has 0 bridgehead atoms. The number of benzene rings is 1. The molecule has 1 amide bonds. The van der Waals surface area contributed by atoms with Crippen LogP contribution in [0.4, 0.5) is 11.4 Å². The number of methoxy groups -OCH3 is 1. The Morgan fingerprint density at radius 3 is 2.50 bits per heavy atom. The van der Waals surface area contributed by atoms with E-state index < -0.39 is 0 Å². The summed E-state index contributed by atoms with van der Waals surface area (Å²) in [6, 6.07) is 5.08. The van der Waals surface area contributed by atoms with Gasteiger partial charge in [0.2, 0.25) is 0 Å². The number of aryl methyl sites for hydroxylation is 2. The lowest BCUT2D eigenvalue weighted by Gasteiger charge is -2.11. The fraction of sp³-hybridized carbons (Fsp3) is 0.267. The average Bonchev–Trinajstić information content (AvgIpc) is 2.65. The molecule has 2 rings (SSSR count). The Labute approximate surface area is 117 Å². The molecule has 20 heavy (non-hydrogen) atoms. The van der Waals surface area contributed by atoms with E-state index in [9.17, 15) is 4.79 Å². The van der Waals surface area contributed by atoms with Crippen molar-refractivity contribution in [1.82, 2.24) is 0 Å². The summed E-state index contributed by atoms with van der Waals surface area (Å²) in [5.74, 6) is 1.65. The summed E-state index contributed by atoms with van der Waals surface area (Å²) in [5, 5.41) is 2.82. The first kappa shape index (κ1) is 14.0. The maximum Gasteiger partial charge on any atom is 0.259 e. The normalized spacial score (nSPS) is 10.4. The molecule has 0 aliphatic rings. The van der Waals surface area contributed by atoms with Gasteiger partial charge in [0.1, 0.15) is 17.3 Å². The van der Waals surface area contributed by atoms with Gasteiger partial charge in [0.15, 0.2) is 0 Å². The third-order valence-electron chi connectivity index (χ3n) is 3.26. The molecule has 5 nitrogen and oxygen atoms in total. The van der Waals surface area contributed by atoms with Crippen molar-refractivity contribution in [1.29, 1.82) is 0 Å². The Hall–Kier alpha value is -2.43. The molecule has 0 atom stereocenters. The number of amides is 1. The zero-order valence-electron chi connectivity index (χ0n) is 12.0. The van der Waals surface area contributed by atoms with E-state index in [-0.39, 0.29) is 5.91 Å². The van der Waals surface area contributed by atoms with Crippen LogP contribution in [-0.4, -0.2) is 13.0 Å². The molecule has 0 aliphatic heterocycles. The van der Waals surface area contributed by atoms with Gasteiger partial charge in [-0.2, -0.15) is 0 Å². The first-order valence-electron chi connectivity index (χ1n) is 6.25. The van der Waals surface area contributed by atoms with Crippen LogP contribution in [0.25, 0.3) is 0 Å². The van der Waals surface area contributed by atoms with Gasteiger partial charge in [-0.3, -0.25) is 4.79 Å². The van der Waals surface area contributed by atoms with E-state index in [0.29, 0.717) is 28.4 Å². The Morgan fingerprint density at radius 1 is 1.25 bits per heavy atom. The van der Waals surface area contributed by atoms with Crippen molar-refractivity contribution < 1.29 is 13.9 Å². The van der Waals surface area contributed by atoms with Crippen molar-refractivity contribution >= 4 is 17.3 Å². The van der Waals surface area contributed by atoms with E-state index in [0.717, 1.165) is 11.3 Å². The number of nitrogen functional groups attached to an aromatic ring is 1. The summed E-state index contributed by atoms with van der Waals surface area (Å²) in [4.78, 5) is 12.4. The molecule has 1 aromatic carbocycles. The zero-order chi connectivity index (χ0) is 14.9. The molecule has 0 fully saturated rings. The second-order valence-corrected chi connectivity index (χ2v) is 4.63. The number of hydrogen-bond donors (Lipinski definition) is 2. The van der Waals surface area contributed by atoms with Crippen LogP contribution in [0.1, 0.15) is 27.4 Å². The van der Waals surface area contributed by atoms with E-state index in [1.807, 2.05) is 13.8 Å². The largest absolute Gasteiger partial charge is 0.494 e. The molecule has 0 spiro atoms. The van der Waals surface area contributed by atoms with Crippen molar-refractivity contribution in [2.75, 3.05) is 18.2 Å². The van der Waals surface area contributed by atoms with E-state index in [4.69, 9.17) is 14.9 Å². The molecule has 1 heterocycles. The van der Waals surface area contributed by atoms with E-state index >= 15 is 0 Å². The number of rotatable bonds is 3. The second kappa shape index (κ2) is 5.28. The molecule has 0 saturated heterocycles. The van der Waals surface area contributed by atoms with Gasteiger partial charge in [-0.15, -0.1) is 0 Å². The van der Waals surface area contributed by atoms with Crippen LogP contribution >= 0.6 is 0 Å². The first-order valence-corrected chi connectivity index (χ1v) is 6.25. The Morgan fingerprint density at radius 2 is 1.95 bits per heavy atom. The molecule has 0 saturated carbocycles. The molecule has 0 aliphatic carbocycles. The molecule has 1 aromatic heterocycles. The minimum Gasteiger partial charge on any atom is -0.494 e. The monoisotopic (exact) mass is 274 g/mol. The molecule has 0 unspecified atom stereocenters. The second-order valence-electron chi connectivity index (χ2n) is 4.63. The fourth-order valence-corrected chi connectivity index (χ4v) is 2.12. The van der Waals surface area contributed by atoms with Crippen LogP contribution in [0.3, 0.4) is 0 Å². The molecule has 106 valence electrons. The summed E-state index contributed by atoms with van der Waals surface area (Å²) >= 11 is 0. The average molecular weight is 274 g/mol. The van der Waals surface area contributed by atoms with E-state index in [1.54, 1.807) is 25.1 Å². The fourth-order valence-electron chi connectivity index (χ4n) is 2.12. The number of nitrogens with two attached hydrogens (primary N) is 1. The highest BCUT2D eigenvalue weighted by Crippen LogP contribution is 2.28. The highest BCUT2D eigenvalue weighted by Gasteiger charge is 2.19. The Kier molecular flexibility index (Phi) is 3.70. The zero-order valence-corrected chi connectivity index (χ0v) is 12.0. The Balaban J connectivity index is 2.33. The van der Waals surface area contributed by atoms with Crippen molar-refractivity contribution in [3.8, 4) is 5.75 Å². The van der Waals surface area contributed by atoms with E-state index in [1.165, 1.54) is 7.11 Å². The van der Waals surface area contributed by atoms with Crippen molar-refractivity contribution in [3.63, 3.8) is 0 Å². The molecule has 5 heteroatoms. The first-order chi connectivity index (χ1) is 9.43. The SMILES string of the molecule is COc1cc(N)ccc1NC(=O)c1c(C)oc(C)c1C. The van der Waals surface area contributed by atoms with E-state index in [2.05, 4.69) is 5.32 Å². The van der Waals surface area contributed by atoms with Crippen LogP contribution in [0.5, 0.6) is 5.75 Å². The van der Waals surface area contributed by atoms with Gasteiger partial charge in [-0.25, -0.2) is 0 Å². The predicted octanol–water partition coefficient (Wildman–Crippen LogP) is 3.05. The third-order valence-corrected chi connectivity index (χ3v) is 3.26. The summed E-state index contributed by atoms with van der Waals surface area (Å²) in [5.41, 5.74) is 8.24. The quantitative estimate of drug-likeness (QED) is 0.843. The standard InChI is InChI=1S/C15H18N2O3/c1-8-9(2)20-10(3)14(8)15(18)17-12-6-5-11(16)7-13(12)19-4/h5-7H,16H2,1-4H3,(H,17,18). The number of hydrogen-bond acceptors (Lipinski definition) is 4.